The molecule has 5 nitrogen and oxygen atoms in total. The molecular formula is C13H21N5S. The number of guanidine groups is 1. The molecule has 19 heavy (non-hydrogen) atoms. The normalized spacial score (nSPS) is 17.2. The number of nitrogens with zero attached hydrogens (tertiary/aromatic N) is 2. The third kappa shape index (κ3) is 5.10. The Kier molecular flexibility index (Phi) is 6.00. The van der Waals surface area contributed by atoms with E-state index in [0.29, 0.717) is 5.96 Å². The van der Waals surface area contributed by atoms with E-state index in [2.05, 4.69) is 20.6 Å². The lowest BCUT2D eigenvalue weighted by Crippen LogP contribution is -2.38. The van der Waals surface area contributed by atoms with Gasteiger partial charge in [-0.15, -0.1) is 0 Å². The van der Waals surface area contributed by atoms with Crippen molar-refractivity contribution in [3.05, 3.63) is 30.3 Å². The van der Waals surface area contributed by atoms with E-state index >= 15 is 0 Å². The van der Waals surface area contributed by atoms with Gasteiger partial charge in [0.2, 0.25) is 5.96 Å². The molecule has 0 spiro atoms. The van der Waals surface area contributed by atoms with Crippen molar-refractivity contribution in [1.82, 2.24) is 10.3 Å². The molecular weight excluding hydrogens is 258 g/mol. The number of hydrogen-bond acceptors (Lipinski definition) is 4. The van der Waals surface area contributed by atoms with Crippen LogP contribution in [0, 0.1) is 0 Å². The molecule has 6 heteroatoms. The number of aliphatic imine (C=N–C) groups is 1. The predicted octanol–water partition coefficient (Wildman–Crippen LogP) is 0.967. The molecule has 0 atom stereocenters. The molecule has 1 aromatic rings. The fourth-order valence-corrected chi connectivity index (χ4v) is 2.89. The van der Waals surface area contributed by atoms with Gasteiger partial charge in [-0.25, -0.2) is 5.84 Å². The lowest BCUT2D eigenvalue weighted by molar-refractivity contribution is 0.311. The highest BCUT2D eigenvalue weighted by Gasteiger charge is 2.09. The van der Waals surface area contributed by atoms with E-state index in [0.717, 1.165) is 31.9 Å². The van der Waals surface area contributed by atoms with Gasteiger partial charge in [0.1, 0.15) is 0 Å². The van der Waals surface area contributed by atoms with Crippen LogP contribution in [0.4, 0.5) is 5.69 Å². The minimum absolute atomic E-state index is 0.609. The first kappa shape index (κ1) is 14.2. The lowest BCUT2D eigenvalue weighted by atomic mass is 10.3. The summed E-state index contributed by atoms with van der Waals surface area (Å²) in [5.41, 5.74) is 3.58. The summed E-state index contributed by atoms with van der Waals surface area (Å²) in [6.07, 6.45) is 0. The van der Waals surface area contributed by atoms with Gasteiger partial charge < -0.3 is 5.32 Å². The Labute approximate surface area is 118 Å². The number of para-hydroxylation sites is 1. The van der Waals surface area contributed by atoms with Gasteiger partial charge in [-0.1, -0.05) is 18.2 Å². The van der Waals surface area contributed by atoms with Crippen LogP contribution in [0.2, 0.25) is 0 Å². The van der Waals surface area contributed by atoms with Gasteiger partial charge in [-0.05, 0) is 12.1 Å². The van der Waals surface area contributed by atoms with Gasteiger partial charge in [0.25, 0.3) is 0 Å². The number of nitrogens with two attached hydrogens (primary N) is 1. The molecule has 0 unspecified atom stereocenters. The maximum absolute atomic E-state index is 5.48. The summed E-state index contributed by atoms with van der Waals surface area (Å²) in [5, 5.41) is 3.16. The molecule has 0 aliphatic carbocycles. The Morgan fingerprint density at radius 1 is 1.26 bits per heavy atom. The van der Waals surface area contributed by atoms with Crippen molar-refractivity contribution in [2.75, 3.05) is 43.0 Å². The number of hydrogen-bond donors (Lipinski definition) is 3. The molecule has 1 aliphatic heterocycles. The third-order valence-electron chi connectivity index (χ3n) is 2.96. The number of nitrogens with one attached hydrogen (secondary N) is 2. The zero-order chi connectivity index (χ0) is 13.3. The Bertz CT molecular complexity index is 389. The third-order valence-corrected chi connectivity index (χ3v) is 3.91. The second-order valence-electron chi connectivity index (χ2n) is 4.32. The highest BCUT2D eigenvalue weighted by atomic mass is 32.2. The Balaban J connectivity index is 1.78. The fraction of sp³-hybridized carbons (Fsp3) is 0.462. The van der Waals surface area contributed by atoms with Crippen LogP contribution in [-0.2, 0) is 0 Å². The van der Waals surface area contributed by atoms with Crippen molar-refractivity contribution in [3.8, 4) is 0 Å². The number of anilines is 1. The van der Waals surface area contributed by atoms with Crippen LogP contribution in [0.5, 0.6) is 0 Å². The Morgan fingerprint density at radius 2 is 2.00 bits per heavy atom. The molecule has 0 aromatic heterocycles. The summed E-state index contributed by atoms with van der Waals surface area (Å²) < 4.78 is 0. The van der Waals surface area contributed by atoms with E-state index in [4.69, 9.17) is 5.84 Å². The molecule has 2 rings (SSSR count). The number of thioether (sulfide) groups is 1. The van der Waals surface area contributed by atoms with Gasteiger partial charge in [-0.3, -0.25) is 15.3 Å². The van der Waals surface area contributed by atoms with E-state index in [1.165, 1.54) is 11.5 Å². The summed E-state index contributed by atoms with van der Waals surface area (Å²) in [6.45, 7) is 4.07. The van der Waals surface area contributed by atoms with Crippen LogP contribution in [0.1, 0.15) is 0 Å². The summed E-state index contributed by atoms with van der Waals surface area (Å²) in [5.74, 6) is 8.55. The van der Waals surface area contributed by atoms with E-state index < -0.39 is 0 Å². The SMILES string of the molecule is NNC(=NCCN1CCSCC1)Nc1ccccc1. The van der Waals surface area contributed by atoms with Gasteiger partial charge in [0.05, 0.1) is 6.54 Å². The molecule has 1 aromatic carbocycles. The van der Waals surface area contributed by atoms with Crippen molar-refractivity contribution >= 4 is 23.4 Å². The first-order valence-corrected chi connectivity index (χ1v) is 7.67. The van der Waals surface area contributed by atoms with E-state index in [9.17, 15) is 0 Å². The number of benzene rings is 1. The molecule has 0 radical (unpaired) electrons. The molecule has 1 saturated heterocycles. The second kappa shape index (κ2) is 8.04. The van der Waals surface area contributed by atoms with E-state index in [1.807, 2.05) is 42.1 Å². The molecule has 104 valence electrons. The van der Waals surface area contributed by atoms with Gasteiger partial charge in [0, 0.05) is 36.8 Å². The van der Waals surface area contributed by atoms with Gasteiger partial charge in [0.15, 0.2) is 0 Å². The molecule has 4 N–H and O–H groups in total. The highest BCUT2D eigenvalue weighted by Crippen LogP contribution is 2.08. The number of hydrazine groups is 1. The molecule has 1 aliphatic rings. The quantitative estimate of drug-likeness (QED) is 0.332. The maximum atomic E-state index is 5.48. The van der Waals surface area contributed by atoms with Crippen molar-refractivity contribution in [2.45, 2.75) is 0 Å². The second-order valence-corrected chi connectivity index (χ2v) is 5.54. The first-order chi connectivity index (χ1) is 9.38. The highest BCUT2D eigenvalue weighted by molar-refractivity contribution is 7.99. The van der Waals surface area contributed by atoms with Crippen LogP contribution in [0.3, 0.4) is 0 Å². The zero-order valence-electron chi connectivity index (χ0n) is 11.0. The smallest absolute Gasteiger partial charge is 0.210 e. The average Bonchev–Trinajstić information content (AvgIpc) is 2.48. The molecule has 1 fully saturated rings. The van der Waals surface area contributed by atoms with Crippen LogP contribution in [0.25, 0.3) is 0 Å². The first-order valence-electron chi connectivity index (χ1n) is 6.52. The van der Waals surface area contributed by atoms with E-state index in [1.54, 1.807) is 0 Å². The van der Waals surface area contributed by atoms with Crippen molar-refractivity contribution in [1.29, 1.82) is 0 Å². The summed E-state index contributed by atoms with van der Waals surface area (Å²) in [4.78, 5) is 6.89. The van der Waals surface area contributed by atoms with Crippen LogP contribution < -0.4 is 16.6 Å². The van der Waals surface area contributed by atoms with Gasteiger partial charge >= 0.3 is 0 Å². The minimum atomic E-state index is 0.609. The number of rotatable bonds is 4. The topological polar surface area (TPSA) is 65.7 Å². The van der Waals surface area contributed by atoms with Crippen molar-refractivity contribution < 1.29 is 0 Å². The Morgan fingerprint density at radius 3 is 2.68 bits per heavy atom. The van der Waals surface area contributed by atoms with Gasteiger partial charge in [-0.2, -0.15) is 11.8 Å². The summed E-state index contributed by atoms with van der Waals surface area (Å²) in [7, 11) is 0. The fourth-order valence-electron chi connectivity index (χ4n) is 1.91. The maximum Gasteiger partial charge on any atom is 0.210 e. The largest absolute Gasteiger partial charge is 0.325 e. The van der Waals surface area contributed by atoms with Crippen LogP contribution in [-0.4, -0.2) is 48.5 Å². The average molecular weight is 279 g/mol. The monoisotopic (exact) mass is 279 g/mol. The standard InChI is InChI=1S/C13H21N5S/c14-17-13(16-12-4-2-1-3-5-12)15-6-7-18-8-10-19-11-9-18/h1-5H,6-11,14H2,(H2,15,16,17). The van der Waals surface area contributed by atoms with E-state index in [-0.39, 0.29) is 0 Å². The van der Waals surface area contributed by atoms with Crippen molar-refractivity contribution in [3.63, 3.8) is 0 Å². The molecule has 0 amide bonds. The zero-order valence-corrected chi connectivity index (χ0v) is 11.8. The minimum Gasteiger partial charge on any atom is -0.325 e. The predicted molar refractivity (Wildman–Crippen MR) is 83.5 cm³/mol. The Hall–Kier alpha value is -1.24. The summed E-state index contributed by atoms with van der Waals surface area (Å²) >= 11 is 2.02. The van der Waals surface area contributed by atoms with Crippen LogP contribution >= 0.6 is 11.8 Å². The molecule has 1 heterocycles. The van der Waals surface area contributed by atoms with Crippen LogP contribution in [0.15, 0.2) is 35.3 Å². The summed E-state index contributed by atoms with van der Waals surface area (Å²) in [6, 6.07) is 9.89. The molecule has 0 bridgehead atoms. The van der Waals surface area contributed by atoms with Crippen molar-refractivity contribution in [2.24, 2.45) is 10.8 Å². The molecule has 0 saturated carbocycles. The lowest BCUT2D eigenvalue weighted by Gasteiger charge is -2.25.